The minimum atomic E-state index is -0.809. The summed E-state index contributed by atoms with van der Waals surface area (Å²) >= 11 is 11.0. The number of nitrogens with zero attached hydrogens (tertiary/aromatic N) is 4. The zero-order valence-corrected chi connectivity index (χ0v) is 67.1. The predicted octanol–water partition coefficient (Wildman–Crippen LogP) is 27.5. The molecule has 536 valence electrons. The number of fused-ring (bicyclic) bond motifs is 15. The Labute approximate surface area is 658 Å². The van der Waals surface area contributed by atoms with Crippen molar-refractivity contribution in [2.75, 3.05) is 0 Å². The molecule has 0 N–H and O–H groups in total. The van der Waals surface area contributed by atoms with E-state index in [4.69, 9.17) is 0 Å². The third kappa shape index (κ3) is 12.2. The molecule has 0 aliphatic heterocycles. The first-order valence-corrected chi connectivity index (χ1v) is 43.7. The van der Waals surface area contributed by atoms with Gasteiger partial charge in [-0.2, -0.15) is 21.0 Å². The molecule has 0 unspecified atom stereocenters. The van der Waals surface area contributed by atoms with Gasteiger partial charge in [-0.1, -0.05) is 249 Å². The molecule has 6 heterocycles. The Hall–Kier alpha value is -9.44. The summed E-state index contributed by atoms with van der Waals surface area (Å²) in [5.74, 6) is -0.364. The maximum atomic E-state index is 14.7. The van der Waals surface area contributed by atoms with E-state index in [9.17, 15) is 30.6 Å². The predicted molar refractivity (Wildman–Crippen MR) is 455 cm³/mol. The number of benzene rings is 6. The second kappa shape index (κ2) is 30.5. The third-order valence-corrected chi connectivity index (χ3v) is 30.6. The summed E-state index contributed by atoms with van der Waals surface area (Å²) in [6.45, 7) is 13.0. The second-order valence-electron chi connectivity index (χ2n) is 29.9. The Morgan fingerprint density at radius 3 is 0.935 bits per heavy atom. The summed E-state index contributed by atoms with van der Waals surface area (Å²) < 4.78 is 7.18. The quantitative estimate of drug-likeness (QED) is 0.0302. The van der Waals surface area contributed by atoms with Crippen LogP contribution in [0.2, 0.25) is 0 Å². The molecular weight excluding hydrogens is 1430 g/mol. The van der Waals surface area contributed by atoms with Gasteiger partial charge in [-0.15, -0.1) is 68.0 Å². The number of ketones is 2. The van der Waals surface area contributed by atoms with Crippen LogP contribution < -0.4 is 0 Å². The number of unbranched alkanes of at least 4 members (excludes halogenated alkanes) is 12. The molecule has 6 nitrogen and oxygen atoms in total. The molecule has 0 bridgehead atoms. The number of rotatable bonds is 26. The Bertz CT molecular complexity index is 5410. The fourth-order valence-corrected chi connectivity index (χ4v) is 26.4. The van der Waals surface area contributed by atoms with Crippen LogP contribution in [-0.4, -0.2) is 11.6 Å². The number of Topliss-reactive ketones (excluding diaryl/α,β-unsaturated/α-hetero) is 2. The van der Waals surface area contributed by atoms with Gasteiger partial charge >= 0.3 is 0 Å². The molecule has 0 atom stereocenters. The van der Waals surface area contributed by atoms with Crippen LogP contribution in [0.5, 0.6) is 0 Å². The van der Waals surface area contributed by atoms with Crippen LogP contribution in [0.3, 0.4) is 0 Å². The molecule has 0 radical (unpaired) electrons. The Morgan fingerprint density at radius 1 is 0.343 bits per heavy atom. The van der Waals surface area contributed by atoms with Gasteiger partial charge in [0.1, 0.15) is 35.4 Å². The van der Waals surface area contributed by atoms with Gasteiger partial charge in [0.15, 0.2) is 11.6 Å². The standard InChI is InChI=1S/C96H84N4O2S6/c1-7-11-15-19-23-59-29-37-65(38-30-59)95(66-39-31-60(32-40-66)24-20-16-12-8-2)81-87-77(51-69(103-87)49-75-79(63(53-97)54-98)73-47-57(5)27-45-71(73)85(75)101)105-89(81)91-83(95)93-94(107-91)84-92(108-93)90-82(88-78(106-90)52-70(104-88)50-76-80(64(55-99)56-100)74-48-58(6)28-46-72(74)86(76)102)96(84,67-41-33-61(34-42-67)25-21-17-13-9-3)68-43-35-62(36-44-68)26-22-18-14-10-4/h27-52H,7-26H2,1-6H3/b75-49-,76-50-. The van der Waals surface area contributed by atoms with Gasteiger partial charge < -0.3 is 0 Å². The topological polar surface area (TPSA) is 129 Å². The van der Waals surface area contributed by atoms with Gasteiger partial charge in [0.25, 0.3) is 0 Å². The number of carbonyl (C=O) groups is 2. The van der Waals surface area contributed by atoms with Crippen LogP contribution in [0.25, 0.3) is 71.0 Å². The smallest absolute Gasteiger partial charge is 0.194 e. The number of carbonyl (C=O) groups excluding carboxylic acids is 2. The number of aryl methyl sites for hydroxylation is 6. The summed E-state index contributed by atoms with van der Waals surface area (Å²) in [5.41, 5.74) is 19.3. The zero-order valence-electron chi connectivity index (χ0n) is 62.2. The molecule has 108 heavy (non-hydrogen) atoms. The summed E-state index contributed by atoms with van der Waals surface area (Å²) in [7, 11) is 0. The molecule has 0 fully saturated rings. The Kier molecular flexibility index (Phi) is 20.6. The number of nitriles is 4. The molecule has 12 heteroatoms. The first kappa shape index (κ1) is 72.7. The van der Waals surface area contributed by atoms with Gasteiger partial charge in [0, 0.05) is 74.8 Å². The first-order valence-electron chi connectivity index (χ1n) is 38.8. The molecule has 4 aliphatic carbocycles. The van der Waals surface area contributed by atoms with Crippen LogP contribution in [0.4, 0.5) is 0 Å². The lowest BCUT2D eigenvalue weighted by Gasteiger charge is -2.34. The van der Waals surface area contributed by atoms with Crippen LogP contribution in [0, 0.1) is 59.2 Å². The lowest BCUT2D eigenvalue weighted by atomic mass is 9.67. The number of hydrogen-bond acceptors (Lipinski definition) is 12. The van der Waals surface area contributed by atoms with Gasteiger partial charge in [0.05, 0.1) is 49.1 Å². The third-order valence-electron chi connectivity index (χ3n) is 23.0. The summed E-state index contributed by atoms with van der Waals surface area (Å²) in [6, 6.07) is 63.3. The normalized spacial score (nSPS) is 14.9. The molecule has 0 amide bonds. The molecular formula is C96H84N4O2S6. The average Bonchev–Trinajstić information content (AvgIpc) is 1.48. The van der Waals surface area contributed by atoms with Gasteiger partial charge in [0.2, 0.25) is 0 Å². The molecule has 0 spiro atoms. The van der Waals surface area contributed by atoms with Gasteiger partial charge in [-0.25, -0.2) is 0 Å². The van der Waals surface area contributed by atoms with E-state index in [0.717, 1.165) is 81.6 Å². The van der Waals surface area contributed by atoms with Crippen molar-refractivity contribution < 1.29 is 9.59 Å². The zero-order chi connectivity index (χ0) is 74.5. The maximum absolute atomic E-state index is 14.7. The van der Waals surface area contributed by atoms with E-state index in [0.29, 0.717) is 44.5 Å². The molecule has 0 saturated carbocycles. The van der Waals surface area contributed by atoms with E-state index in [2.05, 4.69) is 161 Å². The Morgan fingerprint density at radius 2 is 0.639 bits per heavy atom. The van der Waals surface area contributed by atoms with Crippen LogP contribution >= 0.6 is 68.0 Å². The largest absolute Gasteiger partial charge is 0.289 e. The van der Waals surface area contributed by atoms with Gasteiger partial charge in [-0.05, 0) is 145 Å². The molecule has 6 aromatic heterocycles. The van der Waals surface area contributed by atoms with Crippen molar-refractivity contribution in [1.82, 2.24) is 0 Å². The molecule has 16 rings (SSSR count). The van der Waals surface area contributed by atoms with Gasteiger partial charge in [-0.3, -0.25) is 9.59 Å². The molecule has 4 aliphatic rings. The molecule has 12 aromatic rings. The lowest BCUT2D eigenvalue weighted by molar-refractivity contribution is 0.103. The van der Waals surface area contributed by atoms with Crippen molar-refractivity contribution >= 4 is 131 Å². The summed E-state index contributed by atoms with van der Waals surface area (Å²) in [4.78, 5) is 36.4. The minimum Gasteiger partial charge on any atom is -0.289 e. The van der Waals surface area contributed by atoms with Crippen molar-refractivity contribution in [3.63, 3.8) is 0 Å². The highest BCUT2D eigenvalue weighted by atomic mass is 32.1. The average molecular weight is 1520 g/mol. The highest BCUT2D eigenvalue weighted by Crippen LogP contribution is 2.72. The maximum Gasteiger partial charge on any atom is 0.194 e. The van der Waals surface area contributed by atoms with Crippen LogP contribution in [-0.2, 0) is 36.5 Å². The summed E-state index contributed by atoms with van der Waals surface area (Å²) in [6.07, 6.45) is 26.9. The lowest BCUT2D eigenvalue weighted by Crippen LogP contribution is -2.29. The van der Waals surface area contributed by atoms with E-state index in [-0.39, 0.29) is 22.7 Å². The molecule has 6 aromatic carbocycles. The van der Waals surface area contributed by atoms with Crippen LogP contribution in [0.1, 0.15) is 250 Å². The van der Waals surface area contributed by atoms with Crippen molar-refractivity contribution in [3.05, 3.63) is 278 Å². The summed E-state index contributed by atoms with van der Waals surface area (Å²) in [5, 5.41) is 42.0. The molecule has 0 saturated heterocycles. The van der Waals surface area contributed by atoms with E-state index < -0.39 is 10.8 Å². The fourth-order valence-electron chi connectivity index (χ4n) is 17.6. The number of allylic oxidation sites excluding steroid dienone is 6. The van der Waals surface area contributed by atoms with Crippen molar-refractivity contribution in [2.45, 2.75) is 181 Å². The highest BCUT2D eigenvalue weighted by Gasteiger charge is 2.56. The second-order valence-corrected chi connectivity index (χ2v) is 36.2. The van der Waals surface area contributed by atoms with Crippen LogP contribution in [0.15, 0.2) is 168 Å². The van der Waals surface area contributed by atoms with E-state index >= 15 is 0 Å². The SMILES string of the molecule is CCCCCCc1ccc(C2(c3ccc(CCCCCC)cc3)c3c(sc4cc(/C=C5\C(=O)c6ccc(C)cc6C5=C(C#N)C#N)sc34)-c3sc4c5c(sc4c32)-c2sc3cc(/C=C4\C(=O)c6ccc(C)cc6C4=C(C#N)C#N)sc3c2C5(c2ccc(CCCCCC)cc2)c2ccc(CCCCCC)cc2)cc1. The van der Waals surface area contributed by atoms with Crippen molar-refractivity contribution in [2.24, 2.45) is 0 Å². The van der Waals surface area contributed by atoms with Crippen molar-refractivity contribution in [3.8, 4) is 43.8 Å². The first-order chi connectivity index (χ1) is 52.8. The monoisotopic (exact) mass is 1520 g/mol. The van der Waals surface area contributed by atoms with E-state index in [1.165, 1.54) is 182 Å². The Balaban J connectivity index is 0.970. The number of thiophene rings is 6. The van der Waals surface area contributed by atoms with E-state index in [1.54, 1.807) is 22.7 Å². The minimum absolute atomic E-state index is 0.0692. The highest BCUT2D eigenvalue weighted by molar-refractivity contribution is 7.37. The van der Waals surface area contributed by atoms with E-state index in [1.807, 2.05) is 108 Å². The number of hydrogen-bond donors (Lipinski definition) is 0. The van der Waals surface area contributed by atoms with Crippen molar-refractivity contribution in [1.29, 1.82) is 21.0 Å². The fraction of sp³-hybridized carbons (Fsp3) is 0.292.